The van der Waals surface area contributed by atoms with E-state index in [4.69, 9.17) is 5.11 Å². The van der Waals surface area contributed by atoms with E-state index in [1.54, 1.807) is 12.1 Å². The van der Waals surface area contributed by atoms with Crippen molar-refractivity contribution >= 4 is 26.0 Å². The highest BCUT2D eigenvalue weighted by atomic mass is 79.9. The molecule has 4 nitrogen and oxygen atoms in total. The van der Waals surface area contributed by atoms with Crippen molar-refractivity contribution in [1.29, 1.82) is 0 Å². The summed E-state index contributed by atoms with van der Waals surface area (Å²) in [7, 11) is -3.51. The van der Waals surface area contributed by atoms with Crippen molar-refractivity contribution in [2.75, 3.05) is 6.54 Å². The van der Waals surface area contributed by atoms with Gasteiger partial charge in [-0.2, -0.15) is 0 Å². The lowest BCUT2D eigenvalue weighted by atomic mass is 9.83. The topological polar surface area (TPSA) is 66.4 Å². The monoisotopic (exact) mass is 375 g/mol. The number of aliphatic hydroxyl groups excluding tert-OH is 1. The maximum Gasteiger partial charge on any atom is 0.241 e. The van der Waals surface area contributed by atoms with Crippen LogP contribution in [0.2, 0.25) is 0 Å². The summed E-state index contributed by atoms with van der Waals surface area (Å²) in [5, 5.41) is 9.07. The first-order chi connectivity index (χ1) is 9.92. The molecule has 2 atom stereocenters. The molecule has 0 bridgehead atoms. The lowest BCUT2D eigenvalue weighted by molar-refractivity contribution is 0.281. The van der Waals surface area contributed by atoms with Gasteiger partial charge in [0.05, 0.1) is 11.5 Å². The van der Waals surface area contributed by atoms with E-state index in [9.17, 15) is 8.42 Å². The van der Waals surface area contributed by atoms with Crippen molar-refractivity contribution in [3.8, 4) is 0 Å². The van der Waals surface area contributed by atoms with E-state index < -0.39 is 10.0 Å². The first-order valence-corrected chi connectivity index (χ1v) is 9.59. The number of hydrogen-bond donors (Lipinski definition) is 2. The van der Waals surface area contributed by atoms with Crippen molar-refractivity contribution in [1.82, 2.24) is 4.72 Å². The highest BCUT2D eigenvalue weighted by Gasteiger charge is 2.23. The lowest BCUT2D eigenvalue weighted by Gasteiger charge is -2.26. The highest BCUT2D eigenvalue weighted by molar-refractivity contribution is 9.10. The van der Waals surface area contributed by atoms with Gasteiger partial charge < -0.3 is 5.11 Å². The third-order valence-electron chi connectivity index (χ3n) is 4.08. The molecule has 21 heavy (non-hydrogen) atoms. The molecular formula is C15H22BrNO3S. The minimum absolute atomic E-state index is 0.105. The van der Waals surface area contributed by atoms with E-state index in [1.807, 2.05) is 0 Å². The molecule has 0 spiro atoms. The van der Waals surface area contributed by atoms with Gasteiger partial charge >= 0.3 is 0 Å². The van der Waals surface area contributed by atoms with Gasteiger partial charge in [-0.3, -0.25) is 0 Å². The van der Waals surface area contributed by atoms with E-state index in [2.05, 4.69) is 27.6 Å². The van der Waals surface area contributed by atoms with Crippen LogP contribution in [0.5, 0.6) is 0 Å². The molecule has 1 saturated carbocycles. The van der Waals surface area contributed by atoms with Gasteiger partial charge in [-0.25, -0.2) is 13.1 Å². The maximum atomic E-state index is 12.4. The van der Waals surface area contributed by atoms with Gasteiger partial charge in [-0.15, -0.1) is 0 Å². The number of rotatable bonds is 5. The van der Waals surface area contributed by atoms with Gasteiger partial charge in [0.25, 0.3) is 0 Å². The first kappa shape index (κ1) is 16.9. The molecule has 0 amide bonds. The third kappa shape index (κ3) is 4.52. The van der Waals surface area contributed by atoms with Crippen molar-refractivity contribution < 1.29 is 13.5 Å². The molecule has 0 heterocycles. The molecule has 1 fully saturated rings. The van der Waals surface area contributed by atoms with Crippen LogP contribution in [-0.4, -0.2) is 20.1 Å². The standard InChI is InChI=1S/C15H22BrNO3S/c1-11-3-2-4-12(7-11)9-17-21(19,20)15-6-5-13(10-18)8-14(15)16/h5-6,8,11-12,17-18H,2-4,7,9-10H2,1H3. The number of sulfonamides is 1. The van der Waals surface area contributed by atoms with Crippen LogP contribution >= 0.6 is 15.9 Å². The van der Waals surface area contributed by atoms with Crippen LogP contribution in [0.25, 0.3) is 0 Å². The van der Waals surface area contributed by atoms with Crippen LogP contribution in [0, 0.1) is 11.8 Å². The average molecular weight is 376 g/mol. The van der Waals surface area contributed by atoms with Gasteiger partial charge in [-0.1, -0.05) is 25.8 Å². The van der Waals surface area contributed by atoms with E-state index >= 15 is 0 Å². The van der Waals surface area contributed by atoms with Gasteiger partial charge in [-0.05, 0) is 58.3 Å². The molecule has 0 saturated heterocycles. The summed E-state index contributed by atoms with van der Waals surface area (Å²) >= 11 is 3.27. The summed E-state index contributed by atoms with van der Waals surface area (Å²) in [4.78, 5) is 0.226. The number of nitrogens with one attached hydrogen (secondary N) is 1. The van der Waals surface area contributed by atoms with Gasteiger partial charge in [0, 0.05) is 11.0 Å². The Hall–Kier alpha value is -0.430. The zero-order valence-corrected chi connectivity index (χ0v) is 14.6. The van der Waals surface area contributed by atoms with Crippen LogP contribution in [0.4, 0.5) is 0 Å². The predicted octanol–water partition coefficient (Wildman–Crippen LogP) is 3.05. The van der Waals surface area contributed by atoms with Crippen molar-refractivity contribution in [3.63, 3.8) is 0 Å². The Morgan fingerprint density at radius 2 is 2.14 bits per heavy atom. The Morgan fingerprint density at radius 1 is 1.38 bits per heavy atom. The summed E-state index contributed by atoms with van der Waals surface area (Å²) in [6, 6.07) is 4.79. The fourth-order valence-electron chi connectivity index (χ4n) is 2.91. The van der Waals surface area contributed by atoms with E-state index in [-0.39, 0.29) is 11.5 Å². The largest absolute Gasteiger partial charge is 0.392 e. The van der Waals surface area contributed by atoms with Gasteiger partial charge in [0.15, 0.2) is 0 Å². The minimum Gasteiger partial charge on any atom is -0.392 e. The highest BCUT2D eigenvalue weighted by Crippen LogP contribution is 2.29. The number of hydrogen-bond acceptors (Lipinski definition) is 3. The zero-order valence-electron chi connectivity index (χ0n) is 12.2. The lowest BCUT2D eigenvalue weighted by Crippen LogP contribution is -2.31. The molecule has 2 unspecified atom stereocenters. The molecular weight excluding hydrogens is 354 g/mol. The van der Waals surface area contributed by atoms with Crippen LogP contribution in [0.1, 0.15) is 38.2 Å². The molecule has 1 aromatic rings. The quantitative estimate of drug-likeness (QED) is 0.830. The van der Waals surface area contributed by atoms with Crippen molar-refractivity contribution in [2.24, 2.45) is 11.8 Å². The normalized spacial score (nSPS) is 23.2. The van der Waals surface area contributed by atoms with Crippen LogP contribution in [-0.2, 0) is 16.6 Å². The predicted molar refractivity (Wildman–Crippen MR) is 86.4 cm³/mol. The molecule has 6 heteroatoms. The molecule has 1 aliphatic rings. The average Bonchev–Trinajstić information content (AvgIpc) is 2.45. The Morgan fingerprint density at radius 3 is 2.76 bits per heavy atom. The van der Waals surface area contributed by atoms with E-state index in [1.165, 1.54) is 18.9 Å². The fraction of sp³-hybridized carbons (Fsp3) is 0.600. The smallest absolute Gasteiger partial charge is 0.241 e. The fourth-order valence-corrected chi connectivity index (χ4v) is 5.15. The summed E-state index contributed by atoms with van der Waals surface area (Å²) < 4.78 is 28.0. The Bertz CT molecular complexity index is 589. The second-order valence-electron chi connectivity index (χ2n) is 5.91. The van der Waals surface area contributed by atoms with Crippen molar-refractivity contribution in [2.45, 2.75) is 44.1 Å². The van der Waals surface area contributed by atoms with Crippen LogP contribution in [0.15, 0.2) is 27.6 Å². The zero-order chi connectivity index (χ0) is 15.5. The summed E-state index contributed by atoms with van der Waals surface area (Å²) in [5.41, 5.74) is 0.682. The number of benzene rings is 1. The molecule has 0 radical (unpaired) electrons. The number of aliphatic hydroxyl groups is 1. The van der Waals surface area contributed by atoms with Crippen LogP contribution in [0.3, 0.4) is 0 Å². The molecule has 118 valence electrons. The molecule has 0 aliphatic heterocycles. The minimum atomic E-state index is -3.51. The molecule has 2 rings (SSSR count). The molecule has 2 N–H and O–H groups in total. The second-order valence-corrected chi connectivity index (χ2v) is 8.50. The summed E-state index contributed by atoms with van der Waals surface area (Å²) in [6.07, 6.45) is 4.62. The van der Waals surface area contributed by atoms with Crippen molar-refractivity contribution in [3.05, 3.63) is 28.2 Å². The summed E-state index contributed by atoms with van der Waals surface area (Å²) in [5.74, 6) is 1.11. The van der Waals surface area contributed by atoms with Crippen LogP contribution < -0.4 is 4.72 Å². The Balaban J connectivity index is 2.04. The molecule has 1 aliphatic carbocycles. The van der Waals surface area contributed by atoms with Gasteiger partial charge in [0.1, 0.15) is 0 Å². The third-order valence-corrected chi connectivity index (χ3v) is 6.48. The first-order valence-electron chi connectivity index (χ1n) is 7.31. The molecule has 0 aromatic heterocycles. The van der Waals surface area contributed by atoms with E-state index in [0.717, 1.165) is 12.8 Å². The maximum absolute atomic E-state index is 12.4. The Labute approximate surface area is 135 Å². The molecule has 1 aromatic carbocycles. The summed E-state index contributed by atoms with van der Waals surface area (Å²) in [6.45, 7) is 2.62. The van der Waals surface area contributed by atoms with Gasteiger partial charge in [0.2, 0.25) is 10.0 Å². The number of halogens is 1. The SMILES string of the molecule is CC1CCCC(CNS(=O)(=O)c2ccc(CO)cc2Br)C1. The van der Waals surface area contributed by atoms with E-state index in [0.29, 0.717) is 28.4 Å². The Kier molecular flexibility index (Phi) is 5.82. The second kappa shape index (κ2) is 7.22.